The number of ether oxygens (including phenoxy) is 2. The molecule has 1 saturated heterocycles. The topological polar surface area (TPSA) is 90.6 Å². The molecule has 1 aliphatic heterocycles. The van der Waals surface area contributed by atoms with Gasteiger partial charge >= 0.3 is 0 Å². The lowest BCUT2D eigenvalue weighted by molar-refractivity contribution is 0.0846. The van der Waals surface area contributed by atoms with Crippen molar-refractivity contribution in [3.8, 4) is 5.88 Å². The number of aryl methyl sites for hydroxylation is 2. The summed E-state index contributed by atoms with van der Waals surface area (Å²) in [5.41, 5.74) is 4.18. The predicted octanol–water partition coefficient (Wildman–Crippen LogP) is 3.16. The van der Waals surface area contributed by atoms with E-state index in [9.17, 15) is 4.79 Å². The maximum absolute atomic E-state index is 12.9. The molecule has 1 fully saturated rings. The first kappa shape index (κ1) is 19.0. The Bertz CT molecular complexity index is 1090. The summed E-state index contributed by atoms with van der Waals surface area (Å²) in [4.78, 5) is 26.6. The molecule has 0 atom stereocenters. The first-order valence-electron chi connectivity index (χ1n) is 10.6. The first-order valence-corrected chi connectivity index (χ1v) is 10.6. The molecule has 3 aromatic rings. The summed E-state index contributed by atoms with van der Waals surface area (Å²) in [6.45, 7) is 3.84. The van der Waals surface area contributed by atoms with Crippen LogP contribution in [0.2, 0.25) is 0 Å². The fourth-order valence-corrected chi connectivity index (χ4v) is 4.18. The molecule has 0 radical (unpaired) electrons. The molecule has 0 spiro atoms. The third kappa shape index (κ3) is 3.63. The van der Waals surface area contributed by atoms with Crippen LogP contribution in [0.25, 0.3) is 5.78 Å². The van der Waals surface area contributed by atoms with E-state index in [2.05, 4.69) is 20.3 Å². The molecule has 0 unspecified atom stereocenters. The number of anilines is 1. The van der Waals surface area contributed by atoms with E-state index in [1.54, 1.807) is 6.07 Å². The minimum atomic E-state index is -0.267. The summed E-state index contributed by atoms with van der Waals surface area (Å²) in [6.07, 6.45) is 8.77. The van der Waals surface area contributed by atoms with Crippen molar-refractivity contribution in [3.05, 3.63) is 47.2 Å². The Balaban J connectivity index is 1.44. The minimum Gasteiger partial charge on any atom is -0.476 e. The van der Waals surface area contributed by atoms with Gasteiger partial charge in [0.05, 0.1) is 12.3 Å². The Labute approximate surface area is 174 Å². The molecule has 0 aromatic carbocycles. The number of hydrogen-bond acceptors (Lipinski definition) is 6. The molecule has 0 saturated carbocycles. The van der Waals surface area contributed by atoms with Crippen LogP contribution in [0.3, 0.4) is 0 Å². The maximum atomic E-state index is 12.9. The fraction of sp³-hybridized carbons (Fsp3) is 0.455. The van der Waals surface area contributed by atoms with Crippen LogP contribution >= 0.6 is 0 Å². The lowest BCUT2D eigenvalue weighted by atomic mass is 9.97. The summed E-state index contributed by atoms with van der Waals surface area (Å²) >= 11 is 0. The molecule has 2 aliphatic rings. The van der Waals surface area contributed by atoms with Gasteiger partial charge in [0.2, 0.25) is 11.7 Å². The standard InChI is InChI=1S/C22H25N5O3/c1-2-30-21-19(24-20(28)17-7-6-14-4-3-5-16(14)23-17)13-27-12-18(25-22(27)26-21)15-8-10-29-11-9-15/h6-7,12-13,15H,2-5,8-11H2,1H3,(H,24,28). The van der Waals surface area contributed by atoms with Crippen LogP contribution in [0.15, 0.2) is 24.5 Å². The molecule has 8 heteroatoms. The highest BCUT2D eigenvalue weighted by atomic mass is 16.5. The lowest BCUT2D eigenvalue weighted by Crippen LogP contribution is -2.16. The second kappa shape index (κ2) is 8.02. The molecule has 1 N–H and O–H groups in total. The van der Waals surface area contributed by atoms with Gasteiger partial charge in [0.15, 0.2) is 0 Å². The van der Waals surface area contributed by atoms with Crippen molar-refractivity contribution in [2.24, 2.45) is 0 Å². The number of imidazole rings is 1. The van der Waals surface area contributed by atoms with E-state index >= 15 is 0 Å². The van der Waals surface area contributed by atoms with Crippen LogP contribution in [0.1, 0.15) is 59.5 Å². The third-order valence-electron chi connectivity index (χ3n) is 5.76. The number of pyridine rings is 1. The van der Waals surface area contributed by atoms with Crippen LogP contribution in [-0.4, -0.2) is 45.1 Å². The molecule has 4 heterocycles. The van der Waals surface area contributed by atoms with Gasteiger partial charge in [-0.1, -0.05) is 6.07 Å². The van der Waals surface area contributed by atoms with E-state index in [0.717, 1.165) is 56.7 Å². The van der Waals surface area contributed by atoms with Gasteiger partial charge in [-0.05, 0) is 50.7 Å². The number of carbonyl (C=O) groups excluding carboxylic acids is 1. The van der Waals surface area contributed by atoms with Crippen molar-refractivity contribution in [2.45, 2.75) is 44.9 Å². The quantitative estimate of drug-likeness (QED) is 0.699. The SMILES string of the molecule is CCOc1nc2nc(C3CCOCC3)cn2cc1NC(=O)c1ccc2c(n1)CCC2. The van der Waals surface area contributed by atoms with E-state index in [4.69, 9.17) is 9.47 Å². The number of aromatic nitrogens is 4. The van der Waals surface area contributed by atoms with Crippen LogP contribution < -0.4 is 10.1 Å². The number of carbonyl (C=O) groups is 1. The van der Waals surface area contributed by atoms with Gasteiger partial charge in [-0.2, -0.15) is 4.98 Å². The number of amides is 1. The maximum Gasteiger partial charge on any atom is 0.274 e. The van der Waals surface area contributed by atoms with Crippen molar-refractivity contribution in [3.63, 3.8) is 0 Å². The van der Waals surface area contributed by atoms with Gasteiger partial charge in [0.25, 0.3) is 5.91 Å². The average Bonchev–Trinajstić information content (AvgIpc) is 3.40. The summed E-state index contributed by atoms with van der Waals surface area (Å²) in [6, 6.07) is 3.79. The predicted molar refractivity (Wildman–Crippen MR) is 111 cm³/mol. The van der Waals surface area contributed by atoms with Crippen LogP contribution in [-0.2, 0) is 17.6 Å². The van der Waals surface area contributed by atoms with Gasteiger partial charge in [-0.15, -0.1) is 0 Å². The van der Waals surface area contributed by atoms with E-state index in [1.807, 2.05) is 29.8 Å². The Hall–Kier alpha value is -3.00. The van der Waals surface area contributed by atoms with Gasteiger partial charge in [0.1, 0.15) is 11.4 Å². The van der Waals surface area contributed by atoms with Crippen molar-refractivity contribution in [1.29, 1.82) is 0 Å². The molecule has 3 aromatic heterocycles. The van der Waals surface area contributed by atoms with Crippen molar-refractivity contribution in [1.82, 2.24) is 19.4 Å². The number of nitrogens with one attached hydrogen (secondary N) is 1. The monoisotopic (exact) mass is 407 g/mol. The van der Waals surface area contributed by atoms with Crippen LogP contribution in [0.4, 0.5) is 5.69 Å². The second-order valence-electron chi connectivity index (χ2n) is 7.76. The molecule has 1 aliphatic carbocycles. The zero-order valence-corrected chi connectivity index (χ0v) is 17.1. The summed E-state index contributed by atoms with van der Waals surface area (Å²) in [5.74, 6) is 1.03. The number of hydrogen-bond donors (Lipinski definition) is 1. The Morgan fingerprint density at radius 2 is 2.07 bits per heavy atom. The average molecular weight is 407 g/mol. The van der Waals surface area contributed by atoms with Crippen LogP contribution in [0.5, 0.6) is 5.88 Å². The Morgan fingerprint density at radius 1 is 1.20 bits per heavy atom. The highest BCUT2D eigenvalue weighted by Gasteiger charge is 2.21. The van der Waals surface area contributed by atoms with Crippen molar-refractivity contribution < 1.29 is 14.3 Å². The summed E-state index contributed by atoms with van der Waals surface area (Å²) in [5, 5.41) is 2.93. The van der Waals surface area contributed by atoms with Gasteiger partial charge in [-0.3, -0.25) is 9.20 Å². The van der Waals surface area contributed by atoms with E-state index in [-0.39, 0.29) is 5.91 Å². The Morgan fingerprint density at radius 3 is 2.90 bits per heavy atom. The molecule has 5 rings (SSSR count). The van der Waals surface area contributed by atoms with Gasteiger partial charge in [-0.25, -0.2) is 9.97 Å². The number of nitrogens with zero attached hydrogens (tertiary/aromatic N) is 4. The van der Waals surface area contributed by atoms with E-state index in [0.29, 0.717) is 35.6 Å². The largest absolute Gasteiger partial charge is 0.476 e. The van der Waals surface area contributed by atoms with Crippen LogP contribution in [0, 0.1) is 0 Å². The molecule has 1 amide bonds. The first-order chi connectivity index (χ1) is 14.7. The summed E-state index contributed by atoms with van der Waals surface area (Å²) < 4.78 is 13.0. The number of rotatable bonds is 5. The lowest BCUT2D eigenvalue weighted by Gasteiger charge is -2.19. The molecule has 156 valence electrons. The molecular formula is C22H25N5O3. The molecule has 8 nitrogen and oxygen atoms in total. The minimum absolute atomic E-state index is 0.267. The molecule has 30 heavy (non-hydrogen) atoms. The zero-order valence-electron chi connectivity index (χ0n) is 17.1. The van der Waals surface area contributed by atoms with Crippen molar-refractivity contribution in [2.75, 3.05) is 25.1 Å². The highest BCUT2D eigenvalue weighted by Crippen LogP contribution is 2.29. The highest BCUT2D eigenvalue weighted by molar-refractivity contribution is 6.03. The van der Waals surface area contributed by atoms with E-state index in [1.165, 1.54) is 5.56 Å². The second-order valence-corrected chi connectivity index (χ2v) is 7.76. The molecular weight excluding hydrogens is 382 g/mol. The Kier molecular flexibility index (Phi) is 5.08. The zero-order chi connectivity index (χ0) is 20.5. The van der Waals surface area contributed by atoms with E-state index < -0.39 is 0 Å². The summed E-state index contributed by atoms with van der Waals surface area (Å²) in [7, 11) is 0. The number of fused-ring (bicyclic) bond motifs is 2. The third-order valence-corrected chi connectivity index (χ3v) is 5.76. The fourth-order valence-electron chi connectivity index (χ4n) is 4.18. The smallest absolute Gasteiger partial charge is 0.274 e. The van der Waals surface area contributed by atoms with Gasteiger partial charge in [0, 0.05) is 37.2 Å². The molecule has 0 bridgehead atoms. The van der Waals surface area contributed by atoms with Gasteiger partial charge < -0.3 is 14.8 Å². The van der Waals surface area contributed by atoms with Crippen molar-refractivity contribution >= 4 is 17.4 Å². The normalized spacial score (nSPS) is 16.6.